The summed E-state index contributed by atoms with van der Waals surface area (Å²) in [5.41, 5.74) is 0.658. The minimum absolute atomic E-state index is 0.0216. The SMILES string of the molecule is COC(=O)c1nnc(-c2c[nH]c(C)cc2=O)o1. The number of rotatable bonds is 2. The molecule has 88 valence electrons. The van der Waals surface area contributed by atoms with E-state index in [9.17, 15) is 9.59 Å². The zero-order chi connectivity index (χ0) is 12.4. The number of hydrogen-bond donors (Lipinski definition) is 1. The molecule has 0 fully saturated rings. The van der Waals surface area contributed by atoms with E-state index in [4.69, 9.17) is 4.42 Å². The van der Waals surface area contributed by atoms with Crippen molar-refractivity contribution >= 4 is 5.97 Å². The third-order valence-corrected chi connectivity index (χ3v) is 2.07. The number of esters is 1. The fourth-order valence-electron chi connectivity index (χ4n) is 1.24. The molecule has 0 atom stereocenters. The van der Waals surface area contributed by atoms with E-state index in [-0.39, 0.29) is 22.8 Å². The number of pyridine rings is 1. The molecule has 0 aliphatic rings. The van der Waals surface area contributed by atoms with Crippen LogP contribution in [0.4, 0.5) is 0 Å². The van der Waals surface area contributed by atoms with E-state index in [2.05, 4.69) is 19.9 Å². The van der Waals surface area contributed by atoms with E-state index in [0.29, 0.717) is 5.69 Å². The maximum atomic E-state index is 11.6. The van der Waals surface area contributed by atoms with Gasteiger partial charge in [-0.15, -0.1) is 10.2 Å². The number of carbonyl (C=O) groups excluding carboxylic acids is 1. The van der Waals surface area contributed by atoms with Crippen molar-refractivity contribution in [2.45, 2.75) is 6.92 Å². The molecule has 0 saturated carbocycles. The van der Waals surface area contributed by atoms with Gasteiger partial charge in [0.2, 0.25) is 0 Å². The molecule has 7 heteroatoms. The lowest BCUT2D eigenvalue weighted by atomic mass is 10.2. The number of H-pyrrole nitrogens is 1. The summed E-state index contributed by atoms with van der Waals surface area (Å²) < 4.78 is 9.44. The normalized spacial score (nSPS) is 10.2. The Balaban J connectivity index is 2.44. The van der Waals surface area contributed by atoms with E-state index in [1.54, 1.807) is 6.92 Å². The van der Waals surface area contributed by atoms with Crippen molar-refractivity contribution in [2.75, 3.05) is 7.11 Å². The molecule has 0 amide bonds. The molecule has 0 aromatic carbocycles. The van der Waals surface area contributed by atoms with Crippen LogP contribution in [-0.4, -0.2) is 28.3 Å². The van der Waals surface area contributed by atoms with Gasteiger partial charge in [0.05, 0.1) is 7.11 Å². The van der Waals surface area contributed by atoms with Crippen molar-refractivity contribution in [3.8, 4) is 11.5 Å². The molecule has 0 bridgehead atoms. The predicted octanol–water partition coefficient (Wildman–Crippen LogP) is 0.520. The van der Waals surface area contributed by atoms with E-state index >= 15 is 0 Å². The topological polar surface area (TPSA) is 98.1 Å². The largest absolute Gasteiger partial charge is 0.462 e. The molecule has 1 N–H and O–H groups in total. The number of carbonyl (C=O) groups is 1. The highest BCUT2D eigenvalue weighted by atomic mass is 16.5. The fourth-order valence-corrected chi connectivity index (χ4v) is 1.24. The lowest BCUT2D eigenvalue weighted by molar-refractivity contribution is 0.0556. The van der Waals surface area contributed by atoms with E-state index in [1.165, 1.54) is 19.4 Å². The molecule has 2 rings (SSSR count). The first-order valence-corrected chi connectivity index (χ1v) is 4.73. The highest BCUT2D eigenvalue weighted by molar-refractivity contribution is 5.84. The first kappa shape index (κ1) is 11.1. The Morgan fingerprint density at radius 2 is 2.24 bits per heavy atom. The minimum Gasteiger partial charge on any atom is -0.462 e. The van der Waals surface area contributed by atoms with Gasteiger partial charge < -0.3 is 14.1 Å². The van der Waals surface area contributed by atoms with Crippen molar-refractivity contribution < 1.29 is 13.9 Å². The summed E-state index contributed by atoms with van der Waals surface area (Å²) >= 11 is 0. The number of aromatic amines is 1. The Morgan fingerprint density at radius 1 is 1.47 bits per heavy atom. The van der Waals surface area contributed by atoms with Gasteiger partial charge in [0.15, 0.2) is 5.43 Å². The lowest BCUT2D eigenvalue weighted by Gasteiger charge is -1.95. The smallest absolute Gasteiger partial charge is 0.396 e. The van der Waals surface area contributed by atoms with E-state index in [0.717, 1.165) is 0 Å². The van der Waals surface area contributed by atoms with Crippen LogP contribution in [0.1, 0.15) is 16.4 Å². The second-order valence-corrected chi connectivity index (χ2v) is 3.30. The number of methoxy groups -OCH3 is 1. The third-order valence-electron chi connectivity index (χ3n) is 2.07. The standard InChI is InChI=1S/C10H9N3O4/c1-5-3-7(14)6(4-11-5)8-12-13-9(17-8)10(15)16-2/h3-4H,1-2H3,(H,11,14). The second kappa shape index (κ2) is 4.20. The van der Waals surface area contributed by atoms with Gasteiger partial charge in [-0.2, -0.15) is 0 Å². The molecule has 0 radical (unpaired) electrons. The molecule has 0 unspecified atom stereocenters. The average Bonchev–Trinajstić information content (AvgIpc) is 2.77. The average molecular weight is 235 g/mol. The molecule has 0 aliphatic heterocycles. The van der Waals surface area contributed by atoms with Crippen LogP contribution in [0.2, 0.25) is 0 Å². The van der Waals surface area contributed by atoms with E-state index < -0.39 is 5.97 Å². The van der Waals surface area contributed by atoms with Crippen LogP contribution in [-0.2, 0) is 4.74 Å². The van der Waals surface area contributed by atoms with Gasteiger partial charge >= 0.3 is 11.9 Å². The quantitative estimate of drug-likeness (QED) is 0.762. The molecule has 17 heavy (non-hydrogen) atoms. The summed E-state index contributed by atoms with van der Waals surface area (Å²) in [5.74, 6) is -1.05. The summed E-state index contributed by atoms with van der Waals surface area (Å²) in [6.45, 7) is 1.75. The van der Waals surface area contributed by atoms with Crippen molar-refractivity contribution in [3.05, 3.63) is 34.1 Å². The first-order chi connectivity index (χ1) is 8.11. The Bertz CT molecular complexity index is 614. The number of aromatic nitrogens is 3. The third kappa shape index (κ3) is 2.07. The fraction of sp³-hybridized carbons (Fsp3) is 0.200. The van der Waals surface area contributed by atoms with Gasteiger partial charge in [-0.05, 0) is 6.92 Å². The first-order valence-electron chi connectivity index (χ1n) is 4.73. The minimum atomic E-state index is -0.743. The maximum Gasteiger partial charge on any atom is 0.396 e. The second-order valence-electron chi connectivity index (χ2n) is 3.30. The van der Waals surface area contributed by atoms with Gasteiger partial charge in [-0.25, -0.2) is 4.79 Å². The lowest BCUT2D eigenvalue weighted by Crippen LogP contribution is -2.05. The van der Waals surface area contributed by atoms with Crippen molar-refractivity contribution in [1.29, 1.82) is 0 Å². The summed E-state index contributed by atoms with van der Waals surface area (Å²) in [6.07, 6.45) is 1.45. The number of nitrogens with zero attached hydrogens (tertiary/aromatic N) is 2. The van der Waals surface area contributed by atoms with Crippen LogP contribution in [0.5, 0.6) is 0 Å². The van der Waals surface area contributed by atoms with E-state index in [1.807, 2.05) is 0 Å². The Labute approximate surface area is 95.4 Å². The maximum absolute atomic E-state index is 11.6. The van der Waals surface area contributed by atoms with Crippen LogP contribution < -0.4 is 5.43 Å². The zero-order valence-electron chi connectivity index (χ0n) is 9.18. The molecule has 0 saturated heterocycles. The summed E-state index contributed by atoms with van der Waals surface area (Å²) in [6, 6.07) is 1.40. The van der Waals surface area contributed by atoms with Gasteiger partial charge in [0.1, 0.15) is 5.56 Å². The molecule has 0 aliphatic carbocycles. The number of ether oxygens (including phenoxy) is 1. The monoisotopic (exact) mass is 235 g/mol. The number of nitrogens with one attached hydrogen (secondary N) is 1. The van der Waals surface area contributed by atoms with Crippen molar-refractivity contribution in [3.63, 3.8) is 0 Å². The summed E-state index contributed by atoms with van der Waals surface area (Å²) in [7, 11) is 1.20. The van der Waals surface area contributed by atoms with Gasteiger partial charge in [0, 0.05) is 18.0 Å². The Kier molecular flexibility index (Phi) is 2.73. The van der Waals surface area contributed by atoms with Crippen molar-refractivity contribution in [1.82, 2.24) is 15.2 Å². The molecular formula is C10H9N3O4. The molecule has 2 heterocycles. The Morgan fingerprint density at radius 3 is 2.88 bits per heavy atom. The molecule has 2 aromatic rings. The summed E-state index contributed by atoms with van der Waals surface area (Å²) in [4.78, 5) is 25.6. The highest BCUT2D eigenvalue weighted by Crippen LogP contribution is 2.13. The Hall–Kier alpha value is -2.44. The van der Waals surface area contributed by atoms with Gasteiger partial charge in [0.25, 0.3) is 5.89 Å². The highest BCUT2D eigenvalue weighted by Gasteiger charge is 2.17. The molecule has 2 aromatic heterocycles. The zero-order valence-corrected chi connectivity index (χ0v) is 9.18. The predicted molar refractivity (Wildman–Crippen MR) is 56.4 cm³/mol. The van der Waals surface area contributed by atoms with Crippen LogP contribution >= 0.6 is 0 Å². The van der Waals surface area contributed by atoms with Crippen molar-refractivity contribution in [2.24, 2.45) is 0 Å². The van der Waals surface area contributed by atoms with Crippen LogP contribution in [0.25, 0.3) is 11.5 Å². The number of aryl methyl sites for hydroxylation is 1. The van der Waals surface area contributed by atoms with Crippen LogP contribution in [0, 0.1) is 6.92 Å². The number of hydrogen-bond acceptors (Lipinski definition) is 6. The molecule has 0 spiro atoms. The summed E-state index contributed by atoms with van der Waals surface area (Å²) in [5, 5.41) is 7.09. The molecular weight excluding hydrogens is 226 g/mol. The van der Waals surface area contributed by atoms with Crippen LogP contribution in [0.15, 0.2) is 21.5 Å². The van der Waals surface area contributed by atoms with Gasteiger partial charge in [-0.3, -0.25) is 4.79 Å². The van der Waals surface area contributed by atoms with Crippen LogP contribution in [0.3, 0.4) is 0 Å². The molecule has 7 nitrogen and oxygen atoms in total. The van der Waals surface area contributed by atoms with Gasteiger partial charge in [-0.1, -0.05) is 0 Å².